The summed E-state index contributed by atoms with van der Waals surface area (Å²) in [5.74, 6) is 0.365. The van der Waals surface area contributed by atoms with E-state index < -0.39 is 18.1 Å². The monoisotopic (exact) mass is 455 g/mol. The third-order valence-corrected chi connectivity index (χ3v) is 6.48. The second-order valence-electron chi connectivity index (χ2n) is 8.95. The van der Waals surface area contributed by atoms with Gasteiger partial charge in [0.15, 0.2) is 5.82 Å². The molecule has 3 aliphatic heterocycles. The Bertz CT molecular complexity index is 1100. The van der Waals surface area contributed by atoms with Crippen LogP contribution >= 0.6 is 0 Å². The summed E-state index contributed by atoms with van der Waals surface area (Å²) < 4.78 is 13.4. The highest BCUT2D eigenvalue weighted by atomic mass is 19.1. The fourth-order valence-corrected chi connectivity index (χ4v) is 4.83. The predicted octanol–water partition coefficient (Wildman–Crippen LogP) is 0.570. The number of benzene rings is 1. The summed E-state index contributed by atoms with van der Waals surface area (Å²) in [5, 5.41) is 12.6. The summed E-state index contributed by atoms with van der Waals surface area (Å²) in [6.07, 6.45) is 0.0726. The van der Waals surface area contributed by atoms with Crippen LogP contribution in [0.2, 0.25) is 0 Å². The largest absolute Gasteiger partial charge is 0.322 e. The van der Waals surface area contributed by atoms with Gasteiger partial charge < -0.3 is 10.2 Å². The molecule has 1 unspecified atom stereocenters. The number of imide groups is 1. The molecule has 3 aliphatic rings. The molecule has 1 aromatic carbocycles. The van der Waals surface area contributed by atoms with Crippen molar-refractivity contribution in [3.8, 4) is 0 Å². The molecule has 3 amide bonds. The zero-order valence-electron chi connectivity index (χ0n) is 18.3. The highest BCUT2D eigenvalue weighted by molar-refractivity contribution is 6.05. The molecule has 5 rings (SSSR count). The maximum absolute atomic E-state index is 13.4. The van der Waals surface area contributed by atoms with Crippen molar-refractivity contribution in [3.05, 3.63) is 46.5 Å². The predicted molar refractivity (Wildman–Crippen MR) is 114 cm³/mol. The van der Waals surface area contributed by atoms with E-state index in [1.165, 1.54) is 0 Å². The van der Waals surface area contributed by atoms with Gasteiger partial charge in [-0.1, -0.05) is 12.1 Å². The van der Waals surface area contributed by atoms with Crippen molar-refractivity contribution in [1.29, 1.82) is 0 Å². The summed E-state index contributed by atoms with van der Waals surface area (Å²) >= 11 is 0. The van der Waals surface area contributed by atoms with Crippen LogP contribution in [0.5, 0.6) is 0 Å². The first-order chi connectivity index (χ1) is 15.9. The summed E-state index contributed by atoms with van der Waals surface area (Å²) in [4.78, 5) is 44.9. The number of halogens is 1. The van der Waals surface area contributed by atoms with Gasteiger partial charge in [0.2, 0.25) is 11.8 Å². The Kier molecular flexibility index (Phi) is 5.67. The Morgan fingerprint density at radius 2 is 2.09 bits per heavy atom. The molecule has 33 heavy (non-hydrogen) atoms. The normalized spacial score (nSPS) is 25.1. The number of nitrogens with zero attached hydrogens (tertiary/aromatic N) is 4. The van der Waals surface area contributed by atoms with Crippen molar-refractivity contribution in [3.63, 3.8) is 0 Å². The van der Waals surface area contributed by atoms with Crippen molar-refractivity contribution in [2.24, 2.45) is 0 Å². The maximum Gasteiger partial charge on any atom is 0.255 e. The zero-order chi connectivity index (χ0) is 23.1. The fourth-order valence-electron chi connectivity index (χ4n) is 4.83. The standard InChI is InChI=1S/C22H26FN7O3/c1-29(11-18-25-20(28-27-18)16-7-13(23)8-24-16)9-12-3-2-4-14-15(12)10-30(22(14)33)17-5-6-19(31)26-21(17)32/h2-4,13,16-17,24H,5-11H2,1H3,(H,25,27,28)(H,26,31,32)/t13-,16+,17?/m0/s1. The van der Waals surface area contributed by atoms with Crippen molar-refractivity contribution < 1.29 is 18.8 Å². The van der Waals surface area contributed by atoms with Gasteiger partial charge in [0.1, 0.15) is 18.0 Å². The Hall–Kier alpha value is -3.18. The van der Waals surface area contributed by atoms with Gasteiger partial charge in [0.05, 0.1) is 12.6 Å². The van der Waals surface area contributed by atoms with E-state index in [-0.39, 0.29) is 24.3 Å². The number of hydrogen-bond donors (Lipinski definition) is 3. The van der Waals surface area contributed by atoms with E-state index >= 15 is 0 Å². The van der Waals surface area contributed by atoms with Gasteiger partial charge in [-0.3, -0.25) is 29.7 Å². The van der Waals surface area contributed by atoms with Crippen LogP contribution in [-0.2, 0) is 29.2 Å². The first kappa shape index (κ1) is 21.7. The van der Waals surface area contributed by atoms with Crippen LogP contribution in [-0.4, -0.2) is 68.5 Å². The second-order valence-corrected chi connectivity index (χ2v) is 8.95. The third-order valence-electron chi connectivity index (χ3n) is 6.48. The summed E-state index contributed by atoms with van der Waals surface area (Å²) in [6.45, 7) is 1.74. The van der Waals surface area contributed by atoms with E-state index in [1.54, 1.807) is 11.0 Å². The number of carbonyl (C=O) groups is 3. The van der Waals surface area contributed by atoms with E-state index in [0.29, 0.717) is 56.2 Å². The molecule has 0 spiro atoms. The van der Waals surface area contributed by atoms with E-state index in [2.05, 4.69) is 30.7 Å². The molecule has 0 radical (unpaired) electrons. The van der Waals surface area contributed by atoms with Gasteiger partial charge in [-0.15, -0.1) is 0 Å². The lowest BCUT2D eigenvalue weighted by molar-refractivity contribution is -0.136. The van der Waals surface area contributed by atoms with Gasteiger partial charge in [-0.25, -0.2) is 9.37 Å². The van der Waals surface area contributed by atoms with Crippen LogP contribution in [0, 0.1) is 0 Å². The van der Waals surface area contributed by atoms with Gasteiger partial charge in [-0.05, 0) is 30.7 Å². The van der Waals surface area contributed by atoms with Crippen molar-refractivity contribution in [2.45, 2.75) is 57.2 Å². The molecule has 2 aromatic rings. The van der Waals surface area contributed by atoms with Crippen molar-refractivity contribution in [2.75, 3.05) is 13.6 Å². The molecule has 10 nitrogen and oxygen atoms in total. The van der Waals surface area contributed by atoms with Gasteiger partial charge in [0.25, 0.3) is 5.91 Å². The van der Waals surface area contributed by atoms with E-state index in [0.717, 1.165) is 11.1 Å². The summed E-state index contributed by atoms with van der Waals surface area (Å²) in [6, 6.07) is 4.81. The average Bonchev–Trinajstić information content (AvgIpc) is 3.48. The number of rotatable bonds is 6. The van der Waals surface area contributed by atoms with Crippen LogP contribution in [0.3, 0.4) is 0 Å². The summed E-state index contributed by atoms with van der Waals surface area (Å²) in [7, 11) is 1.95. The van der Waals surface area contributed by atoms with Crippen LogP contribution in [0.1, 0.15) is 58.4 Å². The van der Waals surface area contributed by atoms with Gasteiger partial charge in [-0.2, -0.15) is 5.10 Å². The highest BCUT2D eigenvalue weighted by Gasteiger charge is 2.39. The Morgan fingerprint density at radius 1 is 1.24 bits per heavy atom. The number of amides is 3. The number of carbonyl (C=O) groups excluding carboxylic acids is 3. The quantitative estimate of drug-likeness (QED) is 0.544. The minimum absolute atomic E-state index is 0.169. The molecule has 11 heteroatoms. The number of nitrogens with one attached hydrogen (secondary N) is 3. The molecule has 2 fully saturated rings. The van der Waals surface area contributed by atoms with E-state index in [1.807, 2.05) is 19.2 Å². The number of aromatic amines is 1. The SMILES string of the molecule is CN(Cc1nc([C@H]2C[C@H](F)CN2)n[nH]1)Cc1cccc2c1CN(C1CCC(=O)NC1=O)C2=O. The minimum Gasteiger partial charge on any atom is -0.322 e. The van der Waals surface area contributed by atoms with Crippen molar-refractivity contribution >= 4 is 17.7 Å². The lowest BCUT2D eigenvalue weighted by Crippen LogP contribution is -2.52. The lowest BCUT2D eigenvalue weighted by atomic mass is 10.0. The number of alkyl halides is 1. The first-order valence-electron chi connectivity index (χ1n) is 11.1. The molecular formula is C22H26FN7O3. The second kappa shape index (κ2) is 8.64. The van der Waals surface area contributed by atoms with E-state index in [9.17, 15) is 18.8 Å². The van der Waals surface area contributed by atoms with Crippen LogP contribution in [0.15, 0.2) is 18.2 Å². The minimum atomic E-state index is -0.873. The van der Waals surface area contributed by atoms with Crippen LogP contribution < -0.4 is 10.6 Å². The first-order valence-corrected chi connectivity index (χ1v) is 11.1. The molecule has 0 aliphatic carbocycles. The fraction of sp³-hybridized carbons (Fsp3) is 0.500. The molecular weight excluding hydrogens is 429 g/mol. The van der Waals surface area contributed by atoms with Crippen molar-refractivity contribution in [1.82, 2.24) is 35.6 Å². The molecule has 0 saturated carbocycles. The molecule has 0 bridgehead atoms. The van der Waals surface area contributed by atoms with Crippen LogP contribution in [0.4, 0.5) is 4.39 Å². The maximum atomic E-state index is 13.4. The molecule has 3 N–H and O–H groups in total. The highest BCUT2D eigenvalue weighted by Crippen LogP contribution is 2.30. The number of fused-ring (bicyclic) bond motifs is 1. The average molecular weight is 455 g/mol. The number of piperidine rings is 1. The smallest absolute Gasteiger partial charge is 0.255 e. The molecule has 4 heterocycles. The lowest BCUT2D eigenvalue weighted by Gasteiger charge is -2.29. The number of H-pyrrole nitrogens is 1. The number of aromatic nitrogens is 3. The number of hydrogen-bond acceptors (Lipinski definition) is 7. The Balaban J connectivity index is 1.26. The topological polar surface area (TPSA) is 123 Å². The molecule has 174 valence electrons. The zero-order valence-corrected chi connectivity index (χ0v) is 18.3. The Labute approximate surface area is 189 Å². The molecule has 2 saturated heterocycles. The summed E-state index contributed by atoms with van der Waals surface area (Å²) in [5.41, 5.74) is 2.50. The van der Waals surface area contributed by atoms with Gasteiger partial charge in [0, 0.05) is 38.0 Å². The Morgan fingerprint density at radius 3 is 2.85 bits per heavy atom. The molecule has 1 aromatic heterocycles. The van der Waals surface area contributed by atoms with E-state index in [4.69, 9.17) is 0 Å². The third kappa shape index (κ3) is 4.25. The van der Waals surface area contributed by atoms with Crippen LogP contribution in [0.25, 0.3) is 0 Å². The van der Waals surface area contributed by atoms with Gasteiger partial charge >= 0.3 is 0 Å². The molecule has 3 atom stereocenters.